The molecular formula is C23H35NO6. The number of hydrogen-bond acceptors (Lipinski definition) is 7. The summed E-state index contributed by atoms with van der Waals surface area (Å²) in [5.74, 6) is 0.221. The van der Waals surface area contributed by atoms with E-state index in [0.29, 0.717) is 32.7 Å². The molecule has 0 aliphatic carbocycles. The number of nitrogens with zero attached hydrogens (tertiary/aromatic N) is 1. The van der Waals surface area contributed by atoms with Crippen molar-refractivity contribution in [2.75, 3.05) is 33.0 Å². The minimum absolute atomic E-state index is 0.0129. The number of epoxide rings is 1. The van der Waals surface area contributed by atoms with Crippen molar-refractivity contribution in [1.82, 2.24) is 5.06 Å². The molecule has 1 spiro atoms. The summed E-state index contributed by atoms with van der Waals surface area (Å²) in [6, 6.07) is 8.18. The van der Waals surface area contributed by atoms with Crippen LogP contribution in [0.1, 0.15) is 46.1 Å². The molecule has 3 aliphatic rings. The Morgan fingerprint density at radius 1 is 1.03 bits per heavy atom. The van der Waals surface area contributed by atoms with Crippen LogP contribution in [0.25, 0.3) is 0 Å². The van der Waals surface area contributed by atoms with Crippen molar-refractivity contribution in [2.45, 2.75) is 76.0 Å². The smallest absolute Gasteiger partial charge is 0.172 e. The Morgan fingerprint density at radius 2 is 1.70 bits per heavy atom. The summed E-state index contributed by atoms with van der Waals surface area (Å²) in [7, 11) is 0. The maximum atomic E-state index is 9.44. The van der Waals surface area contributed by atoms with Crippen LogP contribution in [0.2, 0.25) is 0 Å². The zero-order chi connectivity index (χ0) is 21.4. The number of hydrogen-bond donors (Lipinski definition) is 1. The monoisotopic (exact) mass is 421 g/mol. The molecule has 7 nitrogen and oxygen atoms in total. The third kappa shape index (κ3) is 4.98. The van der Waals surface area contributed by atoms with Crippen molar-refractivity contribution >= 4 is 0 Å². The van der Waals surface area contributed by atoms with Gasteiger partial charge in [-0.3, -0.25) is 4.84 Å². The number of aliphatic hydroxyl groups excluding tert-OH is 1. The molecule has 0 aromatic heterocycles. The number of piperidine rings is 1. The normalized spacial score (nSPS) is 29.2. The summed E-state index contributed by atoms with van der Waals surface area (Å²) in [5, 5.41) is 11.5. The second-order valence-corrected chi connectivity index (χ2v) is 9.91. The summed E-state index contributed by atoms with van der Waals surface area (Å²) >= 11 is 0. The predicted molar refractivity (Wildman–Crippen MR) is 111 cm³/mol. The van der Waals surface area contributed by atoms with E-state index in [1.54, 1.807) is 0 Å². The van der Waals surface area contributed by atoms with Gasteiger partial charge in [0.25, 0.3) is 0 Å². The maximum absolute atomic E-state index is 9.44. The largest absolute Gasteiger partial charge is 0.491 e. The third-order valence-electron chi connectivity index (χ3n) is 5.99. The van der Waals surface area contributed by atoms with E-state index in [1.807, 2.05) is 12.1 Å². The lowest BCUT2D eigenvalue weighted by atomic mass is 9.78. The summed E-state index contributed by atoms with van der Waals surface area (Å²) in [6.07, 6.45) is 2.23. The van der Waals surface area contributed by atoms with E-state index in [1.165, 1.54) is 5.56 Å². The molecule has 0 amide bonds. The molecule has 3 heterocycles. The van der Waals surface area contributed by atoms with Crippen LogP contribution in [-0.4, -0.2) is 72.3 Å². The zero-order valence-corrected chi connectivity index (χ0v) is 18.6. The SMILES string of the molecule is CC1(C)CC2(CC(C)(C)N1OCCc1ccc(OCC3CO3)cc1)OCC(CO)O2. The van der Waals surface area contributed by atoms with Gasteiger partial charge in [-0.1, -0.05) is 12.1 Å². The summed E-state index contributed by atoms with van der Waals surface area (Å²) in [4.78, 5) is 6.32. The lowest BCUT2D eigenvalue weighted by Crippen LogP contribution is -2.65. The molecule has 4 rings (SSSR count). The van der Waals surface area contributed by atoms with E-state index in [2.05, 4.69) is 44.9 Å². The topological polar surface area (TPSA) is 72.9 Å². The Kier molecular flexibility index (Phi) is 6.14. The highest BCUT2D eigenvalue weighted by molar-refractivity contribution is 5.27. The molecule has 1 aromatic carbocycles. The lowest BCUT2D eigenvalue weighted by Gasteiger charge is -2.56. The first-order valence-electron chi connectivity index (χ1n) is 10.9. The first kappa shape index (κ1) is 22.0. The highest BCUT2D eigenvalue weighted by atomic mass is 16.8. The molecule has 2 atom stereocenters. The lowest BCUT2D eigenvalue weighted by molar-refractivity contribution is -0.337. The van der Waals surface area contributed by atoms with Crippen molar-refractivity contribution in [3.05, 3.63) is 29.8 Å². The van der Waals surface area contributed by atoms with E-state index < -0.39 is 5.79 Å². The van der Waals surface area contributed by atoms with Gasteiger partial charge in [-0.25, -0.2) is 0 Å². The number of benzene rings is 1. The van der Waals surface area contributed by atoms with Gasteiger partial charge in [0.1, 0.15) is 24.6 Å². The number of rotatable bonds is 8. The number of hydroxylamine groups is 2. The van der Waals surface area contributed by atoms with Crippen LogP contribution in [0.4, 0.5) is 0 Å². The van der Waals surface area contributed by atoms with E-state index in [4.69, 9.17) is 23.8 Å². The van der Waals surface area contributed by atoms with Crippen molar-refractivity contribution in [3.8, 4) is 5.75 Å². The Bertz CT molecular complexity index is 697. The Balaban J connectivity index is 1.31. The standard InChI is InChI=1S/C23H35NO6/c1-21(2)15-23(28-14-19(11-25)30-23)16-22(3,4)24(21)29-10-9-17-5-7-18(8-6-17)26-12-20-13-27-20/h5-8,19-20,25H,9-16H2,1-4H3. The van der Waals surface area contributed by atoms with Gasteiger partial charge in [-0.15, -0.1) is 0 Å². The van der Waals surface area contributed by atoms with Gasteiger partial charge in [-0.05, 0) is 51.8 Å². The molecule has 0 saturated carbocycles. The first-order valence-corrected chi connectivity index (χ1v) is 10.9. The van der Waals surface area contributed by atoms with E-state index >= 15 is 0 Å². The molecule has 7 heteroatoms. The quantitative estimate of drug-likeness (QED) is 0.647. The van der Waals surface area contributed by atoms with Crippen LogP contribution in [-0.2, 0) is 25.5 Å². The van der Waals surface area contributed by atoms with E-state index in [9.17, 15) is 5.11 Å². The fourth-order valence-corrected chi connectivity index (χ4v) is 4.95. The van der Waals surface area contributed by atoms with Gasteiger partial charge >= 0.3 is 0 Å². The third-order valence-corrected chi connectivity index (χ3v) is 5.99. The van der Waals surface area contributed by atoms with Crippen molar-refractivity contribution in [1.29, 1.82) is 0 Å². The van der Waals surface area contributed by atoms with E-state index in [0.717, 1.165) is 18.8 Å². The second kappa shape index (κ2) is 8.37. The molecular weight excluding hydrogens is 386 g/mol. The van der Waals surface area contributed by atoms with Crippen LogP contribution in [0.5, 0.6) is 5.75 Å². The predicted octanol–water partition coefficient (Wildman–Crippen LogP) is 2.70. The number of ether oxygens (including phenoxy) is 4. The molecule has 1 aromatic rings. The fraction of sp³-hybridized carbons (Fsp3) is 0.739. The molecule has 0 bridgehead atoms. The summed E-state index contributed by atoms with van der Waals surface area (Å²) in [5.41, 5.74) is 0.672. The van der Waals surface area contributed by atoms with Crippen molar-refractivity contribution in [2.24, 2.45) is 0 Å². The molecule has 3 fully saturated rings. The molecule has 3 aliphatic heterocycles. The second-order valence-electron chi connectivity index (χ2n) is 9.91. The maximum Gasteiger partial charge on any atom is 0.172 e. The van der Waals surface area contributed by atoms with Crippen LogP contribution in [0, 0.1) is 0 Å². The van der Waals surface area contributed by atoms with Gasteiger partial charge in [0.05, 0.1) is 26.4 Å². The average Bonchev–Trinajstić information content (AvgIpc) is 3.43. The average molecular weight is 422 g/mol. The van der Waals surface area contributed by atoms with Gasteiger partial charge < -0.3 is 24.1 Å². The van der Waals surface area contributed by atoms with Gasteiger partial charge in [0.2, 0.25) is 0 Å². The van der Waals surface area contributed by atoms with E-state index in [-0.39, 0.29) is 29.9 Å². The molecule has 1 N–H and O–H groups in total. The Morgan fingerprint density at radius 3 is 2.27 bits per heavy atom. The molecule has 168 valence electrons. The van der Waals surface area contributed by atoms with Crippen molar-refractivity contribution in [3.63, 3.8) is 0 Å². The highest BCUT2D eigenvalue weighted by Crippen LogP contribution is 2.48. The Hall–Kier alpha value is -1.22. The first-order chi connectivity index (χ1) is 14.2. The van der Waals surface area contributed by atoms with Crippen LogP contribution in [0.15, 0.2) is 24.3 Å². The fourth-order valence-electron chi connectivity index (χ4n) is 4.95. The van der Waals surface area contributed by atoms with Gasteiger partial charge in [-0.2, -0.15) is 5.06 Å². The van der Waals surface area contributed by atoms with Gasteiger partial charge in [0, 0.05) is 23.9 Å². The summed E-state index contributed by atoms with van der Waals surface area (Å²) in [6.45, 7) is 11.1. The van der Waals surface area contributed by atoms with Gasteiger partial charge in [0.15, 0.2) is 5.79 Å². The van der Waals surface area contributed by atoms with Crippen LogP contribution >= 0.6 is 0 Å². The summed E-state index contributed by atoms with van der Waals surface area (Å²) < 4.78 is 23.0. The molecule has 2 unspecified atom stereocenters. The minimum atomic E-state index is -0.651. The van der Waals surface area contributed by atoms with Crippen LogP contribution in [0.3, 0.4) is 0 Å². The highest BCUT2D eigenvalue weighted by Gasteiger charge is 2.57. The number of aliphatic hydroxyl groups is 1. The molecule has 0 radical (unpaired) electrons. The van der Waals surface area contributed by atoms with Crippen molar-refractivity contribution < 1.29 is 28.9 Å². The molecule has 30 heavy (non-hydrogen) atoms. The Labute approximate surface area is 179 Å². The zero-order valence-electron chi connectivity index (χ0n) is 18.6. The van der Waals surface area contributed by atoms with Crippen LogP contribution < -0.4 is 4.74 Å². The molecule has 3 saturated heterocycles. The minimum Gasteiger partial charge on any atom is -0.491 e.